The monoisotopic (exact) mass is 224 g/mol. The Kier molecular flexibility index (Phi) is 1.52. The van der Waals surface area contributed by atoms with Gasteiger partial charge >= 0.3 is 0 Å². The predicted octanol–water partition coefficient (Wildman–Crippen LogP) is 1.27. The van der Waals surface area contributed by atoms with E-state index in [1.165, 1.54) is 0 Å². The fourth-order valence-electron chi connectivity index (χ4n) is 2.72. The molecule has 4 nitrogen and oxygen atoms in total. The number of hydrazine groups is 1. The van der Waals surface area contributed by atoms with Crippen LogP contribution in [0, 0.1) is 0 Å². The zero-order valence-corrected chi connectivity index (χ0v) is 9.19. The van der Waals surface area contributed by atoms with E-state index in [0.29, 0.717) is 0 Å². The van der Waals surface area contributed by atoms with Crippen LogP contribution in [0.15, 0.2) is 65.7 Å². The number of nitrogens with zero attached hydrogens (tertiary/aromatic N) is 3. The molecule has 1 aliphatic carbocycles. The molecule has 2 unspecified atom stereocenters. The molecule has 1 spiro atoms. The Morgan fingerprint density at radius 1 is 1.18 bits per heavy atom. The van der Waals surface area contributed by atoms with Gasteiger partial charge in [-0.1, -0.05) is 18.2 Å². The molecular weight excluding hydrogens is 212 g/mol. The summed E-state index contributed by atoms with van der Waals surface area (Å²) in [7, 11) is 0. The number of fused-ring (bicyclic) bond motifs is 2. The number of nitrogens with one attached hydrogen (secondary N) is 1. The second kappa shape index (κ2) is 2.91. The molecule has 0 aromatic carbocycles. The van der Waals surface area contributed by atoms with Gasteiger partial charge in [0.1, 0.15) is 11.6 Å². The van der Waals surface area contributed by atoms with Crippen molar-refractivity contribution in [3.05, 3.63) is 60.8 Å². The molecular formula is C13H12N4. The van der Waals surface area contributed by atoms with Gasteiger partial charge in [-0.25, -0.2) is 0 Å². The van der Waals surface area contributed by atoms with E-state index in [1.807, 2.05) is 18.4 Å². The third-order valence-corrected chi connectivity index (χ3v) is 3.54. The van der Waals surface area contributed by atoms with E-state index >= 15 is 0 Å². The minimum Gasteiger partial charge on any atom is -0.346 e. The molecule has 2 atom stereocenters. The lowest BCUT2D eigenvalue weighted by Gasteiger charge is -2.48. The summed E-state index contributed by atoms with van der Waals surface area (Å²) in [6.07, 6.45) is 20.6. The molecule has 4 rings (SSSR count). The molecule has 0 bridgehead atoms. The molecule has 0 aromatic heterocycles. The molecule has 1 N–H and O–H groups in total. The Balaban J connectivity index is 1.92. The van der Waals surface area contributed by atoms with Crippen molar-refractivity contribution in [1.82, 2.24) is 15.3 Å². The fraction of sp³-hybridized carbons (Fsp3) is 0.154. The van der Waals surface area contributed by atoms with Crippen LogP contribution in [0.25, 0.3) is 0 Å². The van der Waals surface area contributed by atoms with E-state index in [-0.39, 0.29) is 11.6 Å². The van der Waals surface area contributed by atoms with Crippen LogP contribution in [0.3, 0.4) is 0 Å². The summed E-state index contributed by atoms with van der Waals surface area (Å²) in [5.74, 6) is 0. The predicted molar refractivity (Wildman–Crippen MR) is 66.5 cm³/mol. The molecule has 0 saturated heterocycles. The van der Waals surface area contributed by atoms with Gasteiger partial charge in [0.15, 0.2) is 0 Å². The summed E-state index contributed by atoms with van der Waals surface area (Å²) in [6.45, 7) is 0. The molecule has 0 saturated carbocycles. The second-order valence-electron chi connectivity index (χ2n) is 4.40. The molecule has 0 amide bonds. The van der Waals surface area contributed by atoms with Crippen LogP contribution in [0.1, 0.15) is 0 Å². The van der Waals surface area contributed by atoms with E-state index in [4.69, 9.17) is 0 Å². The maximum absolute atomic E-state index is 4.63. The van der Waals surface area contributed by atoms with E-state index in [1.54, 1.807) is 6.34 Å². The van der Waals surface area contributed by atoms with Gasteiger partial charge in [0.05, 0.1) is 12.0 Å². The molecule has 0 fully saturated rings. The van der Waals surface area contributed by atoms with Gasteiger partial charge in [0.2, 0.25) is 0 Å². The highest BCUT2D eigenvalue weighted by Gasteiger charge is 2.48. The quantitative estimate of drug-likeness (QED) is 0.672. The van der Waals surface area contributed by atoms with Crippen LogP contribution in [-0.2, 0) is 0 Å². The van der Waals surface area contributed by atoms with Crippen LogP contribution in [0.2, 0.25) is 0 Å². The summed E-state index contributed by atoms with van der Waals surface area (Å²) >= 11 is 0. The molecule has 0 radical (unpaired) electrons. The lowest BCUT2D eigenvalue weighted by atomic mass is 9.83. The Morgan fingerprint density at radius 2 is 2.12 bits per heavy atom. The van der Waals surface area contributed by atoms with Crippen LogP contribution in [0.4, 0.5) is 0 Å². The summed E-state index contributed by atoms with van der Waals surface area (Å²) in [4.78, 5) is 4.63. The van der Waals surface area contributed by atoms with Crippen molar-refractivity contribution in [1.29, 1.82) is 0 Å². The third-order valence-electron chi connectivity index (χ3n) is 3.54. The zero-order chi connectivity index (χ0) is 11.3. The Morgan fingerprint density at radius 3 is 3.12 bits per heavy atom. The topological polar surface area (TPSA) is 30.9 Å². The SMILES string of the molecule is C1=CC2N3C=CC=CN3C=C3NC=NC32C=C1. The van der Waals surface area contributed by atoms with Crippen LogP contribution in [-0.4, -0.2) is 27.9 Å². The van der Waals surface area contributed by atoms with Crippen molar-refractivity contribution < 1.29 is 0 Å². The first kappa shape index (κ1) is 8.87. The third kappa shape index (κ3) is 0.996. The van der Waals surface area contributed by atoms with Crippen LogP contribution < -0.4 is 5.32 Å². The summed E-state index contributed by atoms with van der Waals surface area (Å²) in [5, 5.41) is 7.51. The van der Waals surface area contributed by atoms with Gasteiger partial charge in [0.25, 0.3) is 0 Å². The van der Waals surface area contributed by atoms with Gasteiger partial charge in [-0.2, -0.15) is 0 Å². The Bertz CT molecular complexity index is 538. The van der Waals surface area contributed by atoms with Gasteiger partial charge < -0.3 is 5.32 Å². The lowest BCUT2D eigenvalue weighted by Crippen LogP contribution is -2.57. The Labute approximate surface area is 99.6 Å². The number of rotatable bonds is 0. The molecule has 17 heavy (non-hydrogen) atoms. The summed E-state index contributed by atoms with van der Waals surface area (Å²) < 4.78 is 0. The molecule has 84 valence electrons. The van der Waals surface area contributed by atoms with Crippen LogP contribution >= 0.6 is 0 Å². The van der Waals surface area contributed by atoms with Crippen LogP contribution in [0.5, 0.6) is 0 Å². The maximum atomic E-state index is 4.63. The van der Waals surface area contributed by atoms with E-state index in [9.17, 15) is 0 Å². The summed E-state index contributed by atoms with van der Waals surface area (Å²) in [5.41, 5.74) is 0.847. The van der Waals surface area contributed by atoms with Gasteiger partial charge in [-0.15, -0.1) is 0 Å². The van der Waals surface area contributed by atoms with Crippen molar-refractivity contribution >= 4 is 6.34 Å². The van der Waals surface area contributed by atoms with E-state index < -0.39 is 0 Å². The van der Waals surface area contributed by atoms with Crippen molar-refractivity contribution in [2.75, 3.05) is 0 Å². The number of hydrogen-bond donors (Lipinski definition) is 1. The highest BCUT2D eigenvalue weighted by molar-refractivity contribution is 5.68. The average molecular weight is 224 g/mol. The minimum atomic E-state index is -0.277. The fourth-order valence-corrected chi connectivity index (χ4v) is 2.72. The second-order valence-corrected chi connectivity index (χ2v) is 4.40. The number of aliphatic imine (C=N–C) groups is 1. The first-order valence-corrected chi connectivity index (χ1v) is 5.70. The number of allylic oxidation sites excluding steroid dienone is 4. The lowest BCUT2D eigenvalue weighted by molar-refractivity contribution is 0.0569. The van der Waals surface area contributed by atoms with Crippen molar-refractivity contribution in [3.8, 4) is 0 Å². The zero-order valence-electron chi connectivity index (χ0n) is 9.19. The van der Waals surface area contributed by atoms with Crippen molar-refractivity contribution in [3.63, 3.8) is 0 Å². The Hall–Kier alpha value is -2.23. The molecule has 4 heteroatoms. The molecule has 4 aliphatic rings. The van der Waals surface area contributed by atoms with Gasteiger partial charge in [0, 0.05) is 18.6 Å². The number of hydrogen-bond acceptors (Lipinski definition) is 4. The first-order chi connectivity index (χ1) is 8.40. The highest BCUT2D eigenvalue weighted by Crippen LogP contribution is 2.40. The van der Waals surface area contributed by atoms with E-state index in [2.05, 4.69) is 57.0 Å². The smallest absolute Gasteiger partial charge is 0.148 e. The molecule has 3 heterocycles. The highest BCUT2D eigenvalue weighted by atomic mass is 15.6. The van der Waals surface area contributed by atoms with Crippen molar-refractivity contribution in [2.45, 2.75) is 11.6 Å². The van der Waals surface area contributed by atoms with E-state index in [0.717, 1.165) is 5.70 Å². The first-order valence-electron chi connectivity index (χ1n) is 5.70. The normalized spacial score (nSPS) is 35.3. The standard InChI is InChI=1S/C13H12N4/c1-2-6-13-11(14-10-15-13)9-16-7-3-4-8-17(16)12(13)5-1/h1-10,12H,(H,14,15). The minimum absolute atomic E-state index is 0.194. The van der Waals surface area contributed by atoms with Gasteiger partial charge in [-0.3, -0.25) is 15.0 Å². The summed E-state index contributed by atoms with van der Waals surface area (Å²) in [6, 6.07) is 0.194. The molecule has 0 aromatic rings. The largest absolute Gasteiger partial charge is 0.346 e. The van der Waals surface area contributed by atoms with Crippen molar-refractivity contribution in [2.24, 2.45) is 4.99 Å². The molecule has 3 aliphatic heterocycles. The van der Waals surface area contributed by atoms with Gasteiger partial charge in [-0.05, 0) is 18.2 Å². The average Bonchev–Trinajstić information content (AvgIpc) is 2.78. The maximum Gasteiger partial charge on any atom is 0.148 e.